The fraction of sp³-hybridized carbons (Fsp3) is 0.545. The fourth-order valence-electron chi connectivity index (χ4n) is 2.54. The number of carboxylic acid groups (broad SMARTS) is 2. The molecule has 0 saturated carbocycles. The molecule has 0 aromatic carbocycles. The van der Waals surface area contributed by atoms with Crippen molar-refractivity contribution in [2.45, 2.75) is 24.5 Å². The monoisotopic (exact) mass is 257 g/mol. The SMILES string of the molecule is C=CCC1CN(C=O)C(C(=O)O)(C(=O)O)C1(C)O. The van der Waals surface area contributed by atoms with Crippen molar-refractivity contribution in [3.8, 4) is 0 Å². The van der Waals surface area contributed by atoms with Crippen LogP contribution in [0.5, 0.6) is 0 Å². The Hall–Kier alpha value is -1.89. The molecular formula is C11H15NO6. The summed E-state index contributed by atoms with van der Waals surface area (Å²) in [6.07, 6.45) is 1.79. The predicted molar refractivity (Wildman–Crippen MR) is 59.7 cm³/mol. The Bertz CT molecular complexity index is 388. The molecule has 1 rings (SSSR count). The number of aliphatic hydroxyl groups is 1. The van der Waals surface area contributed by atoms with Gasteiger partial charge in [-0.1, -0.05) is 6.08 Å². The van der Waals surface area contributed by atoms with Gasteiger partial charge in [0.1, 0.15) is 5.60 Å². The number of nitrogens with zero attached hydrogens (tertiary/aromatic N) is 1. The zero-order chi connectivity index (χ0) is 14.1. The molecule has 7 heteroatoms. The molecule has 18 heavy (non-hydrogen) atoms. The predicted octanol–water partition coefficient (Wildman–Crippen LogP) is -0.690. The van der Waals surface area contributed by atoms with Crippen molar-refractivity contribution in [1.82, 2.24) is 4.90 Å². The molecule has 7 nitrogen and oxygen atoms in total. The van der Waals surface area contributed by atoms with Gasteiger partial charge in [0.2, 0.25) is 6.41 Å². The standard InChI is InChI=1S/C11H15NO6/c1-3-4-7-5-12(6-13)11(8(14)15,9(16)17)10(7,2)18/h3,6-7,18H,1,4-5H2,2H3,(H,14,15)(H,16,17). The van der Waals surface area contributed by atoms with E-state index < -0.39 is 29.0 Å². The molecule has 2 atom stereocenters. The molecule has 1 aliphatic rings. The number of carbonyl (C=O) groups excluding carboxylic acids is 1. The van der Waals surface area contributed by atoms with Crippen LogP contribution >= 0.6 is 0 Å². The van der Waals surface area contributed by atoms with Crippen molar-refractivity contribution in [3.63, 3.8) is 0 Å². The molecule has 0 bridgehead atoms. The van der Waals surface area contributed by atoms with Gasteiger partial charge in [0.05, 0.1) is 0 Å². The number of amides is 1. The van der Waals surface area contributed by atoms with Crippen molar-refractivity contribution in [3.05, 3.63) is 12.7 Å². The maximum absolute atomic E-state index is 11.3. The number of hydrogen-bond acceptors (Lipinski definition) is 4. The molecule has 3 N–H and O–H groups in total. The van der Waals surface area contributed by atoms with Crippen LogP contribution in [0, 0.1) is 5.92 Å². The first-order valence-electron chi connectivity index (χ1n) is 5.28. The van der Waals surface area contributed by atoms with Gasteiger partial charge in [-0.15, -0.1) is 6.58 Å². The minimum atomic E-state index is -2.66. The minimum Gasteiger partial charge on any atom is -0.479 e. The van der Waals surface area contributed by atoms with Gasteiger partial charge in [0, 0.05) is 12.5 Å². The van der Waals surface area contributed by atoms with E-state index in [0.29, 0.717) is 4.90 Å². The number of carboxylic acids is 2. The van der Waals surface area contributed by atoms with Gasteiger partial charge in [-0.2, -0.15) is 0 Å². The Morgan fingerprint density at radius 3 is 2.22 bits per heavy atom. The van der Waals surface area contributed by atoms with Gasteiger partial charge < -0.3 is 20.2 Å². The first-order valence-corrected chi connectivity index (χ1v) is 5.28. The average Bonchev–Trinajstić information content (AvgIpc) is 2.47. The molecule has 0 aromatic rings. The lowest BCUT2D eigenvalue weighted by atomic mass is 9.75. The van der Waals surface area contributed by atoms with E-state index >= 15 is 0 Å². The minimum absolute atomic E-state index is 0.139. The highest BCUT2D eigenvalue weighted by Gasteiger charge is 2.70. The van der Waals surface area contributed by atoms with Crippen LogP contribution in [0.4, 0.5) is 0 Å². The Morgan fingerprint density at radius 1 is 1.44 bits per heavy atom. The van der Waals surface area contributed by atoms with Crippen molar-refractivity contribution in [2.75, 3.05) is 6.54 Å². The van der Waals surface area contributed by atoms with Gasteiger partial charge in [0.25, 0.3) is 5.54 Å². The molecule has 0 radical (unpaired) electrons. The summed E-state index contributed by atoms with van der Waals surface area (Å²) < 4.78 is 0. The van der Waals surface area contributed by atoms with Crippen LogP contribution in [0.2, 0.25) is 0 Å². The molecule has 0 spiro atoms. The summed E-state index contributed by atoms with van der Waals surface area (Å²) >= 11 is 0. The first kappa shape index (κ1) is 14.2. The molecule has 100 valence electrons. The van der Waals surface area contributed by atoms with Gasteiger partial charge in [-0.25, -0.2) is 9.59 Å². The lowest BCUT2D eigenvalue weighted by Gasteiger charge is -2.37. The second kappa shape index (κ2) is 4.41. The Labute approximate surface area is 103 Å². The maximum atomic E-state index is 11.3. The topological polar surface area (TPSA) is 115 Å². The normalized spacial score (nSPS) is 29.9. The molecule has 1 aliphatic heterocycles. The van der Waals surface area contributed by atoms with Crippen molar-refractivity contribution < 1.29 is 29.7 Å². The third kappa shape index (κ3) is 1.51. The summed E-state index contributed by atoms with van der Waals surface area (Å²) in [4.78, 5) is 34.2. The number of aliphatic carboxylic acids is 2. The number of rotatable bonds is 5. The largest absolute Gasteiger partial charge is 0.479 e. The third-order valence-electron chi connectivity index (χ3n) is 3.57. The van der Waals surface area contributed by atoms with Crippen LogP contribution in [0.3, 0.4) is 0 Å². The van der Waals surface area contributed by atoms with Gasteiger partial charge in [-0.05, 0) is 13.3 Å². The summed E-state index contributed by atoms with van der Waals surface area (Å²) in [5.41, 5.74) is -4.75. The van der Waals surface area contributed by atoms with E-state index in [0.717, 1.165) is 6.92 Å². The molecular weight excluding hydrogens is 242 g/mol. The maximum Gasteiger partial charge on any atom is 0.344 e. The molecule has 2 unspecified atom stereocenters. The van der Waals surface area contributed by atoms with E-state index in [-0.39, 0.29) is 19.4 Å². The Morgan fingerprint density at radius 2 is 1.94 bits per heavy atom. The van der Waals surface area contributed by atoms with Crippen LogP contribution in [0.15, 0.2) is 12.7 Å². The molecule has 1 amide bonds. The van der Waals surface area contributed by atoms with E-state index in [4.69, 9.17) is 0 Å². The summed E-state index contributed by atoms with van der Waals surface area (Å²) in [6.45, 7) is 4.43. The first-order chi connectivity index (χ1) is 8.26. The fourth-order valence-corrected chi connectivity index (χ4v) is 2.54. The summed E-state index contributed by atoms with van der Waals surface area (Å²) in [5.74, 6) is -4.23. The van der Waals surface area contributed by atoms with Gasteiger partial charge >= 0.3 is 11.9 Å². The van der Waals surface area contributed by atoms with Gasteiger partial charge in [0.15, 0.2) is 0 Å². The second-order valence-corrected chi connectivity index (χ2v) is 4.45. The van der Waals surface area contributed by atoms with Crippen LogP contribution in [0.1, 0.15) is 13.3 Å². The van der Waals surface area contributed by atoms with E-state index in [1.165, 1.54) is 6.08 Å². The van der Waals surface area contributed by atoms with Crippen molar-refractivity contribution in [2.24, 2.45) is 5.92 Å². The summed E-state index contributed by atoms with van der Waals surface area (Å²) in [6, 6.07) is 0. The molecule has 1 heterocycles. The van der Waals surface area contributed by atoms with E-state index in [9.17, 15) is 29.7 Å². The average molecular weight is 257 g/mol. The van der Waals surface area contributed by atoms with E-state index in [2.05, 4.69) is 6.58 Å². The highest BCUT2D eigenvalue weighted by molar-refractivity contribution is 6.07. The highest BCUT2D eigenvalue weighted by Crippen LogP contribution is 2.43. The number of carbonyl (C=O) groups is 3. The lowest BCUT2D eigenvalue weighted by Crippen LogP contribution is -2.67. The van der Waals surface area contributed by atoms with Crippen molar-refractivity contribution in [1.29, 1.82) is 0 Å². The van der Waals surface area contributed by atoms with Crippen LogP contribution in [0.25, 0.3) is 0 Å². The summed E-state index contributed by atoms with van der Waals surface area (Å²) in [7, 11) is 0. The second-order valence-electron chi connectivity index (χ2n) is 4.45. The lowest BCUT2D eigenvalue weighted by molar-refractivity contribution is -0.182. The molecule has 0 aliphatic carbocycles. The molecule has 0 aromatic heterocycles. The number of allylic oxidation sites excluding steroid dienone is 1. The summed E-state index contributed by atoms with van der Waals surface area (Å²) in [5, 5.41) is 28.7. The third-order valence-corrected chi connectivity index (χ3v) is 3.57. The zero-order valence-corrected chi connectivity index (χ0v) is 9.87. The smallest absolute Gasteiger partial charge is 0.344 e. The van der Waals surface area contributed by atoms with Crippen LogP contribution in [-0.2, 0) is 14.4 Å². The van der Waals surface area contributed by atoms with Crippen molar-refractivity contribution >= 4 is 18.3 Å². The van der Waals surface area contributed by atoms with E-state index in [1.807, 2.05) is 0 Å². The van der Waals surface area contributed by atoms with Gasteiger partial charge in [-0.3, -0.25) is 4.79 Å². The number of likely N-dealkylation sites (tertiary alicyclic amines) is 1. The van der Waals surface area contributed by atoms with Crippen LogP contribution < -0.4 is 0 Å². The van der Waals surface area contributed by atoms with E-state index in [1.54, 1.807) is 0 Å². The Kier molecular flexibility index (Phi) is 3.47. The molecule has 1 fully saturated rings. The quantitative estimate of drug-likeness (QED) is 0.341. The molecule has 1 saturated heterocycles. The highest BCUT2D eigenvalue weighted by atomic mass is 16.4. The number of hydrogen-bond donors (Lipinski definition) is 3. The zero-order valence-electron chi connectivity index (χ0n) is 9.87. The van der Waals surface area contributed by atoms with Crippen LogP contribution in [-0.4, -0.2) is 56.3 Å². The Balaban J connectivity index is 3.44.